The van der Waals surface area contributed by atoms with Gasteiger partial charge < -0.3 is 10.6 Å². The SMILES string of the molecule is CCCC(=O)Nc1cccc(CNC(=O)c2cnc(C(C)(C)C)s2)c1. The lowest BCUT2D eigenvalue weighted by molar-refractivity contribution is -0.116. The smallest absolute Gasteiger partial charge is 0.263 e. The molecule has 0 spiro atoms. The molecule has 0 radical (unpaired) electrons. The van der Waals surface area contributed by atoms with Crippen molar-refractivity contribution < 1.29 is 9.59 Å². The highest BCUT2D eigenvalue weighted by Gasteiger charge is 2.20. The van der Waals surface area contributed by atoms with Crippen LogP contribution in [0, 0.1) is 0 Å². The van der Waals surface area contributed by atoms with Crippen molar-refractivity contribution in [3.8, 4) is 0 Å². The number of aromatic nitrogens is 1. The van der Waals surface area contributed by atoms with Crippen LogP contribution in [0.1, 0.15) is 60.8 Å². The van der Waals surface area contributed by atoms with Crippen molar-refractivity contribution >= 4 is 28.8 Å². The predicted octanol–water partition coefficient (Wildman–Crippen LogP) is 4.11. The minimum atomic E-state index is -0.131. The molecule has 0 saturated heterocycles. The average Bonchev–Trinajstić information content (AvgIpc) is 3.03. The maximum Gasteiger partial charge on any atom is 0.263 e. The van der Waals surface area contributed by atoms with Gasteiger partial charge in [0.05, 0.1) is 11.2 Å². The van der Waals surface area contributed by atoms with E-state index in [1.54, 1.807) is 6.20 Å². The number of benzene rings is 1. The lowest BCUT2D eigenvalue weighted by Gasteiger charge is -2.13. The highest BCUT2D eigenvalue weighted by molar-refractivity contribution is 7.13. The normalized spacial score (nSPS) is 11.2. The molecule has 2 N–H and O–H groups in total. The summed E-state index contributed by atoms with van der Waals surface area (Å²) in [5.41, 5.74) is 1.62. The molecule has 0 aliphatic rings. The lowest BCUT2D eigenvalue weighted by Crippen LogP contribution is -2.22. The van der Waals surface area contributed by atoms with E-state index >= 15 is 0 Å². The molecule has 2 amide bonds. The molecule has 0 atom stereocenters. The third-order valence-electron chi connectivity index (χ3n) is 3.51. The number of thiazole rings is 1. The van der Waals surface area contributed by atoms with Crippen LogP contribution < -0.4 is 10.6 Å². The van der Waals surface area contributed by atoms with E-state index in [0.717, 1.165) is 22.7 Å². The van der Waals surface area contributed by atoms with Crippen LogP contribution in [0.2, 0.25) is 0 Å². The van der Waals surface area contributed by atoms with Crippen molar-refractivity contribution in [3.63, 3.8) is 0 Å². The molecule has 5 nitrogen and oxygen atoms in total. The van der Waals surface area contributed by atoms with Crippen LogP contribution in [-0.2, 0) is 16.8 Å². The molecule has 0 fully saturated rings. The number of anilines is 1. The molecule has 25 heavy (non-hydrogen) atoms. The fourth-order valence-electron chi connectivity index (χ4n) is 2.20. The molecule has 0 aliphatic carbocycles. The van der Waals surface area contributed by atoms with Gasteiger partial charge in [-0.3, -0.25) is 9.59 Å². The summed E-state index contributed by atoms with van der Waals surface area (Å²) in [6, 6.07) is 7.51. The van der Waals surface area contributed by atoms with Crippen molar-refractivity contribution in [2.24, 2.45) is 0 Å². The molecule has 0 aliphatic heterocycles. The molecule has 1 heterocycles. The number of carbonyl (C=O) groups is 2. The zero-order chi connectivity index (χ0) is 18.4. The maximum atomic E-state index is 12.3. The van der Waals surface area contributed by atoms with Gasteiger partial charge in [0.15, 0.2) is 0 Å². The van der Waals surface area contributed by atoms with Crippen LogP contribution in [0.4, 0.5) is 5.69 Å². The summed E-state index contributed by atoms with van der Waals surface area (Å²) in [7, 11) is 0. The first kappa shape index (κ1) is 19.1. The fourth-order valence-corrected chi connectivity index (χ4v) is 3.10. The minimum Gasteiger partial charge on any atom is -0.347 e. The zero-order valence-electron chi connectivity index (χ0n) is 15.2. The Labute approximate surface area is 152 Å². The molecule has 134 valence electrons. The molecule has 2 rings (SSSR count). The average molecular weight is 359 g/mol. The van der Waals surface area contributed by atoms with E-state index in [2.05, 4.69) is 36.4 Å². The number of carbonyl (C=O) groups excluding carboxylic acids is 2. The topological polar surface area (TPSA) is 71.1 Å². The Bertz CT molecular complexity index is 747. The summed E-state index contributed by atoms with van der Waals surface area (Å²) < 4.78 is 0. The number of hydrogen-bond donors (Lipinski definition) is 2. The van der Waals surface area contributed by atoms with Crippen molar-refractivity contribution in [3.05, 3.63) is 45.9 Å². The maximum absolute atomic E-state index is 12.3. The first-order chi connectivity index (χ1) is 11.8. The number of nitrogens with zero attached hydrogens (tertiary/aromatic N) is 1. The molecule has 0 bridgehead atoms. The summed E-state index contributed by atoms with van der Waals surface area (Å²) in [4.78, 5) is 28.9. The van der Waals surface area contributed by atoms with Crippen LogP contribution in [0.25, 0.3) is 0 Å². The van der Waals surface area contributed by atoms with Gasteiger partial charge in [-0.25, -0.2) is 4.98 Å². The van der Waals surface area contributed by atoms with Crippen molar-refractivity contribution in [1.29, 1.82) is 0 Å². The van der Waals surface area contributed by atoms with Crippen LogP contribution in [0.3, 0.4) is 0 Å². The second kappa shape index (κ2) is 8.25. The van der Waals surface area contributed by atoms with Gasteiger partial charge >= 0.3 is 0 Å². The van der Waals surface area contributed by atoms with Crippen LogP contribution in [-0.4, -0.2) is 16.8 Å². The standard InChI is InChI=1S/C19H25N3O2S/c1-5-7-16(23)22-14-9-6-8-13(10-14)11-20-17(24)15-12-21-18(25-15)19(2,3)4/h6,8-10,12H,5,7,11H2,1-4H3,(H,20,24)(H,22,23). The summed E-state index contributed by atoms with van der Waals surface area (Å²) in [5.74, 6) is -0.128. The number of hydrogen-bond acceptors (Lipinski definition) is 4. The Hall–Kier alpha value is -2.21. The molecule has 1 aromatic heterocycles. The second-order valence-corrected chi connectivity index (χ2v) is 7.99. The monoisotopic (exact) mass is 359 g/mol. The van der Waals surface area contributed by atoms with Crippen LogP contribution >= 0.6 is 11.3 Å². The number of nitrogens with one attached hydrogen (secondary N) is 2. The van der Waals surface area contributed by atoms with Crippen molar-refractivity contribution in [1.82, 2.24) is 10.3 Å². The molecule has 0 unspecified atom stereocenters. The Balaban J connectivity index is 1.95. The molecule has 0 saturated carbocycles. The summed E-state index contributed by atoms with van der Waals surface area (Å²) >= 11 is 1.42. The number of amides is 2. The minimum absolute atomic E-state index is 0.00283. The van der Waals surface area contributed by atoms with Crippen LogP contribution in [0.5, 0.6) is 0 Å². The summed E-state index contributed by atoms with van der Waals surface area (Å²) in [6.07, 6.45) is 2.94. The summed E-state index contributed by atoms with van der Waals surface area (Å²) in [5, 5.41) is 6.71. The van der Waals surface area contributed by atoms with E-state index < -0.39 is 0 Å². The van der Waals surface area contributed by atoms with Crippen molar-refractivity contribution in [2.75, 3.05) is 5.32 Å². The third kappa shape index (κ3) is 5.67. The van der Waals surface area contributed by atoms with Gasteiger partial charge in [0.1, 0.15) is 4.88 Å². The first-order valence-electron chi connectivity index (χ1n) is 8.43. The summed E-state index contributed by atoms with van der Waals surface area (Å²) in [6.45, 7) is 8.60. The van der Waals surface area contributed by atoms with Crippen LogP contribution in [0.15, 0.2) is 30.5 Å². The van der Waals surface area contributed by atoms with Gasteiger partial charge in [0.2, 0.25) is 5.91 Å². The van der Waals surface area contributed by atoms with E-state index in [9.17, 15) is 9.59 Å². The Kier molecular flexibility index (Phi) is 6.31. The van der Waals surface area contributed by atoms with E-state index in [4.69, 9.17) is 0 Å². The highest BCUT2D eigenvalue weighted by Crippen LogP contribution is 2.26. The van der Waals surface area contributed by atoms with E-state index in [1.807, 2.05) is 31.2 Å². The third-order valence-corrected chi connectivity index (χ3v) is 4.93. The van der Waals surface area contributed by atoms with Gasteiger partial charge in [-0.2, -0.15) is 0 Å². The quantitative estimate of drug-likeness (QED) is 0.815. The Morgan fingerprint density at radius 3 is 2.64 bits per heavy atom. The van der Waals surface area contributed by atoms with Gasteiger partial charge in [-0.15, -0.1) is 11.3 Å². The van der Waals surface area contributed by atoms with Gasteiger partial charge in [0, 0.05) is 24.1 Å². The Morgan fingerprint density at radius 1 is 1.24 bits per heavy atom. The fraction of sp³-hybridized carbons (Fsp3) is 0.421. The zero-order valence-corrected chi connectivity index (χ0v) is 16.0. The largest absolute Gasteiger partial charge is 0.347 e. The molecular weight excluding hydrogens is 334 g/mol. The number of rotatable bonds is 6. The molecular formula is C19H25N3O2S. The van der Waals surface area contributed by atoms with Gasteiger partial charge in [-0.1, -0.05) is 39.8 Å². The first-order valence-corrected chi connectivity index (χ1v) is 9.24. The second-order valence-electron chi connectivity index (χ2n) is 6.96. The van der Waals surface area contributed by atoms with E-state index in [1.165, 1.54) is 11.3 Å². The van der Waals surface area contributed by atoms with E-state index in [-0.39, 0.29) is 17.2 Å². The van der Waals surface area contributed by atoms with E-state index in [0.29, 0.717) is 17.8 Å². The van der Waals surface area contributed by atoms with Gasteiger partial charge in [-0.05, 0) is 24.1 Å². The molecule has 2 aromatic rings. The van der Waals surface area contributed by atoms with Gasteiger partial charge in [0.25, 0.3) is 5.91 Å². The molecule has 1 aromatic carbocycles. The molecule has 6 heteroatoms. The highest BCUT2D eigenvalue weighted by atomic mass is 32.1. The van der Waals surface area contributed by atoms with Crippen molar-refractivity contribution in [2.45, 2.75) is 52.5 Å². The Morgan fingerprint density at radius 2 is 2.00 bits per heavy atom. The lowest BCUT2D eigenvalue weighted by atomic mass is 9.98. The predicted molar refractivity (Wildman–Crippen MR) is 102 cm³/mol.